The van der Waals surface area contributed by atoms with Crippen molar-refractivity contribution >= 4 is 5.82 Å². The van der Waals surface area contributed by atoms with E-state index in [-0.39, 0.29) is 0 Å². The largest absolute Gasteiger partial charge is 0.352 e. The molecule has 1 aromatic heterocycles. The predicted molar refractivity (Wildman–Crippen MR) is 75.8 cm³/mol. The molecule has 0 aliphatic carbocycles. The molecule has 0 amide bonds. The van der Waals surface area contributed by atoms with Crippen LogP contribution in [0.2, 0.25) is 0 Å². The highest BCUT2D eigenvalue weighted by Crippen LogP contribution is 2.13. The fourth-order valence-electron chi connectivity index (χ4n) is 2.13. The van der Waals surface area contributed by atoms with Crippen molar-refractivity contribution in [3.05, 3.63) is 18.1 Å². The lowest BCUT2D eigenvalue weighted by Gasteiger charge is -2.31. The molecule has 0 bridgehead atoms. The van der Waals surface area contributed by atoms with E-state index in [0.29, 0.717) is 6.04 Å². The minimum Gasteiger partial charge on any atom is -0.352 e. The first-order valence-corrected chi connectivity index (χ1v) is 6.45. The maximum absolute atomic E-state index is 4.64. The molecule has 0 spiro atoms. The third-order valence-corrected chi connectivity index (χ3v) is 2.83. The van der Waals surface area contributed by atoms with Crippen molar-refractivity contribution in [2.75, 3.05) is 39.1 Å². The second-order valence-electron chi connectivity index (χ2n) is 4.80. The van der Waals surface area contributed by atoms with Crippen LogP contribution in [0.4, 0.5) is 5.82 Å². The number of rotatable bonds is 7. The first kappa shape index (κ1) is 14.9. The molecule has 0 saturated carbocycles. The molecule has 5 nitrogen and oxygen atoms in total. The molecule has 1 aromatic rings. The summed E-state index contributed by atoms with van der Waals surface area (Å²) < 4.78 is 0. The third-order valence-electron chi connectivity index (χ3n) is 2.83. The van der Waals surface area contributed by atoms with Crippen molar-refractivity contribution in [1.29, 1.82) is 0 Å². The number of likely N-dealkylation sites (N-methyl/N-ethyl adjacent to an activating group) is 2. The van der Waals surface area contributed by atoms with Crippen LogP contribution in [0.5, 0.6) is 0 Å². The van der Waals surface area contributed by atoms with E-state index in [1.165, 1.54) is 0 Å². The van der Waals surface area contributed by atoms with E-state index in [1.54, 1.807) is 0 Å². The van der Waals surface area contributed by atoms with Crippen LogP contribution in [-0.4, -0.2) is 55.1 Å². The lowest BCUT2D eigenvalue weighted by atomic mass is 10.2. The zero-order valence-electron chi connectivity index (χ0n) is 12.1. The molecule has 5 heteroatoms. The molecule has 102 valence electrons. The molecule has 0 fully saturated rings. The number of aromatic nitrogens is 2. The Kier molecular flexibility index (Phi) is 6.01. The van der Waals surface area contributed by atoms with Crippen molar-refractivity contribution in [3.8, 4) is 0 Å². The first-order chi connectivity index (χ1) is 8.58. The second kappa shape index (κ2) is 7.28. The van der Waals surface area contributed by atoms with Crippen LogP contribution in [0.25, 0.3) is 0 Å². The van der Waals surface area contributed by atoms with Crippen molar-refractivity contribution in [3.63, 3.8) is 0 Å². The van der Waals surface area contributed by atoms with E-state index in [2.05, 4.69) is 53.0 Å². The fraction of sp³-hybridized carbons (Fsp3) is 0.692. The number of anilines is 1. The highest BCUT2D eigenvalue weighted by Gasteiger charge is 2.15. The molecule has 0 aliphatic rings. The number of nitrogens with one attached hydrogen (secondary N) is 1. The Labute approximate surface area is 110 Å². The van der Waals surface area contributed by atoms with Crippen molar-refractivity contribution < 1.29 is 0 Å². The maximum Gasteiger partial charge on any atom is 0.147 e. The highest BCUT2D eigenvalue weighted by atomic mass is 15.2. The molecule has 1 atom stereocenters. The van der Waals surface area contributed by atoms with Crippen LogP contribution in [0, 0.1) is 0 Å². The Bertz CT molecular complexity index is 353. The van der Waals surface area contributed by atoms with E-state index >= 15 is 0 Å². The Balaban J connectivity index is 2.83. The third kappa shape index (κ3) is 4.23. The van der Waals surface area contributed by atoms with Crippen LogP contribution in [0.15, 0.2) is 12.4 Å². The van der Waals surface area contributed by atoms with Gasteiger partial charge in [0.2, 0.25) is 0 Å². The number of hydrogen-bond acceptors (Lipinski definition) is 5. The average molecular weight is 251 g/mol. The lowest BCUT2D eigenvalue weighted by Crippen LogP contribution is -2.40. The first-order valence-electron chi connectivity index (χ1n) is 6.45. The zero-order chi connectivity index (χ0) is 13.5. The summed E-state index contributed by atoms with van der Waals surface area (Å²) in [6, 6.07) is 0.420. The van der Waals surface area contributed by atoms with Crippen molar-refractivity contribution in [2.24, 2.45) is 0 Å². The molecule has 0 aliphatic heterocycles. The standard InChI is InChI=1S/C13H25N5/c1-6-18(11(2)10-17(4)5)13-9-15-8-12(16-13)7-14-3/h8-9,11,14H,6-7,10H2,1-5H3. The maximum atomic E-state index is 4.64. The number of nitrogens with zero attached hydrogens (tertiary/aromatic N) is 4. The molecular weight excluding hydrogens is 226 g/mol. The van der Waals surface area contributed by atoms with Gasteiger partial charge in [-0.1, -0.05) is 0 Å². The highest BCUT2D eigenvalue weighted by molar-refractivity contribution is 5.37. The molecule has 0 aromatic carbocycles. The smallest absolute Gasteiger partial charge is 0.147 e. The van der Waals surface area contributed by atoms with E-state index in [4.69, 9.17) is 0 Å². The van der Waals surface area contributed by atoms with E-state index in [1.807, 2.05) is 19.4 Å². The van der Waals surface area contributed by atoms with Gasteiger partial charge in [0.15, 0.2) is 0 Å². The summed E-state index contributed by atoms with van der Waals surface area (Å²) in [6.45, 7) is 7.06. The summed E-state index contributed by atoms with van der Waals surface area (Å²) in [5, 5.41) is 3.10. The summed E-state index contributed by atoms with van der Waals surface area (Å²) in [4.78, 5) is 13.4. The Morgan fingerprint density at radius 3 is 2.61 bits per heavy atom. The second-order valence-corrected chi connectivity index (χ2v) is 4.80. The van der Waals surface area contributed by atoms with Crippen LogP contribution in [0.3, 0.4) is 0 Å². The van der Waals surface area contributed by atoms with E-state index in [9.17, 15) is 0 Å². The summed E-state index contributed by atoms with van der Waals surface area (Å²) >= 11 is 0. The van der Waals surface area contributed by atoms with Crippen LogP contribution < -0.4 is 10.2 Å². The molecule has 1 heterocycles. The summed E-state index contributed by atoms with van der Waals surface area (Å²) in [7, 11) is 6.10. The minimum atomic E-state index is 0.420. The van der Waals surface area contributed by atoms with Crippen molar-refractivity contribution in [1.82, 2.24) is 20.2 Å². The molecule has 0 radical (unpaired) electrons. The van der Waals surface area contributed by atoms with Gasteiger partial charge in [0.05, 0.1) is 11.9 Å². The summed E-state index contributed by atoms with van der Waals surface area (Å²) in [6.07, 6.45) is 3.65. The van der Waals surface area contributed by atoms with Gasteiger partial charge < -0.3 is 15.1 Å². The van der Waals surface area contributed by atoms with Gasteiger partial charge in [-0.3, -0.25) is 4.98 Å². The van der Waals surface area contributed by atoms with Gasteiger partial charge in [-0.05, 0) is 35.0 Å². The fourth-order valence-corrected chi connectivity index (χ4v) is 2.13. The van der Waals surface area contributed by atoms with Gasteiger partial charge in [-0.15, -0.1) is 0 Å². The summed E-state index contributed by atoms with van der Waals surface area (Å²) in [5.74, 6) is 0.958. The minimum absolute atomic E-state index is 0.420. The summed E-state index contributed by atoms with van der Waals surface area (Å²) in [5.41, 5.74) is 0.977. The van der Waals surface area contributed by atoms with E-state index in [0.717, 1.165) is 31.1 Å². The Hall–Kier alpha value is -1.20. The Morgan fingerprint density at radius 1 is 1.33 bits per heavy atom. The average Bonchev–Trinajstić information content (AvgIpc) is 2.30. The normalized spacial score (nSPS) is 12.8. The van der Waals surface area contributed by atoms with Crippen LogP contribution in [-0.2, 0) is 6.54 Å². The molecule has 1 unspecified atom stereocenters. The van der Waals surface area contributed by atoms with E-state index < -0.39 is 0 Å². The van der Waals surface area contributed by atoms with Gasteiger partial charge in [0, 0.05) is 31.9 Å². The monoisotopic (exact) mass is 251 g/mol. The van der Waals surface area contributed by atoms with Crippen LogP contribution >= 0.6 is 0 Å². The van der Waals surface area contributed by atoms with Gasteiger partial charge in [-0.25, -0.2) is 4.98 Å². The quantitative estimate of drug-likeness (QED) is 0.782. The van der Waals surface area contributed by atoms with Gasteiger partial charge >= 0.3 is 0 Å². The zero-order valence-corrected chi connectivity index (χ0v) is 12.1. The van der Waals surface area contributed by atoms with Gasteiger partial charge in [0.25, 0.3) is 0 Å². The predicted octanol–water partition coefficient (Wildman–Crippen LogP) is 0.972. The topological polar surface area (TPSA) is 44.3 Å². The molecule has 1 rings (SSSR count). The molecule has 1 N–H and O–H groups in total. The molecule has 0 saturated heterocycles. The Morgan fingerprint density at radius 2 is 2.06 bits per heavy atom. The van der Waals surface area contributed by atoms with Crippen molar-refractivity contribution in [2.45, 2.75) is 26.4 Å². The molecular formula is C13H25N5. The molecule has 18 heavy (non-hydrogen) atoms. The van der Waals surface area contributed by atoms with Gasteiger partial charge in [-0.2, -0.15) is 0 Å². The lowest BCUT2D eigenvalue weighted by molar-refractivity contribution is 0.372. The van der Waals surface area contributed by atoms with Gasteiger partial charge in [0.1, 0.15) is 5.82 Å². The SMILES string of the molecule is CCN(c1cncc(CNC)n1)C(C)CN(C)C. The number of hydrogen-bond donors (Lipinski definition) is 1. The van der Waals surface area contributed by atoms with Crippen LogP contribution in [0.1, 0.15) is 19.5 Å².